The Morgan fingerprint density at radius 1 is 1.29 bits per heavy atom. The van der Waals surface area contributed by atoms with E-state index in [4.69, 9.17) is 17.3 Å². The van der Waals surface area contributed by atoms with Gasteiger partial charge >= 0.3 is 0 Å². The predicted octanol–water partition coefficient (Wildman–Crippen LogP) is 3.06. The standard InChI is InChI=1S/C17H31BO3/c1-4-5-6-7-8-9-13-14(10-11-17(18)21-3)16(20-2)12-15(13)19/h7-8,13-17,19H,4-6,9-12H2,1-3H3/b8-7-/t13-,14-,15?,16-,17?/m1/s1. The number of aliphatic hydroxyl groups is 1. The molecule has 21 heavy (non-hydrogen) atoms. The van der Waals surface area contributed by atoms with E-state index in [1.54, 1.807) is 14.2 Å². The average molecular weight is 294 g/mol. The zero-order valence-electron chi connectivity index (χ0n) is 13.8. The molecule has 0 aliphatic heterocycles. The number of rotatable bonds is 10. The molecule has 0 saturated heterocycles. The van der Waals surface area contributed by atoms with Crippen LogP contribution in [0.4, 0.5) is 0 Å². The maximum Gasteiger partial charge on any atom is 0.108 e. The molecule has 1 fully saturated rings. The van der Waals surface area contributed by atoms with Gasteiger partial charge in [0, 0.05) is 26.6 Å². The molecule has 0 bridgehead atoms. The van der Waals surface area contributed by atoms with E-state index < -0.39 is 0 Å². The van der Waals surface area contributed by atoms with Gasteiger partial charge in [0.15, 0.2) is 0 Å². The summed E-state index contributed by atoms with van der Waals surface area (Å²) in [4.78, 5) is 0. The SMILES string of the molecule is [B]C(CC[C@H]1[C@H](OC)CC(O)[C@@H]1C/C=C\CCCC)OC. The van der Waals surface area contributed by atoms with Crippen LogP contribution in [0, 0.1) is 11.8 Å². The van der Waals surface area contributed by atoms with Gasteiger partial charge < -0.3 is 14.6 Å². The van der Waals surface area contributed by atoms with E-state index in [-0.39, 0.29) is 24.1 Å². The summed E-state index contributed by atoms with van der Waals surface area (Å²) in [5, 5.41) is 10.3. The highest BCUT2D eigenvalue weighted by atomic mass is 16.5. The maximum absolute atomic E-state index is 10.3. The number of ether oxygens (including phenoxy) is 2. The molecule has 1 aliphatic carbocycles. The van der Waals surface area contributed by atoms with Crippen LogP contribution >= 0.6 is 0 Å². The molecule has 3 nitrogen and oxygen atoms in total. The Hall–Kier alpha value is -0.315. The van der Waals surface area contributed by atoms with E-state index in [1.165, 1.54) is 12.8 Å². The van der Waals surface area contributed by atoms with Crippen LogP contribution in [0.15, 0.2) is 12.2 Å². The van der Waals surface area contributed by atoms with Crippen molar-refractivity contribution < 1.29 is 14.6 Å². The Balaban J connectivity index is 2.53. The summed E-state index contributed by atoms with van der Waals surface area (Å²) in [6, 6.07) is -0.221. The van der Waals surface area contributed by atoms with E-state index in [9.17, 15) is 5.11 Å². The molecule has 0 aromatic rings. The molecule has 0 heterocycles. The molecule has 1 saturated carbocycles. The lowest BCUT2D eigenvalue weighted by Gasteiger charge is -2.25. The van der Waals surface area contributed by atoms with Gasteiger partial charge in [-0.3, -0.25) is 0 Å². The summed E-state index contributed by atoms with van der Waals surface area (Å²) in [6.45, 7) is 2.20. The van der Waals surface area contributed by atoms with E-state index in [1.807, 2.05) is 0 Å². The lowest BCUT2D eigenvalue weighted by molar-refractivity contribution is 0.0505. The van der Waals surface area contributed by atoms with Crippen LogP contribution in [-0.4, -0.2) is 45.4 Å². The van der Waals surface area contributed by atoms with Gasteiger partial charge in [-0.05, 0) is 37.5 Å². The summed E-state index contributed by atoms with van der Waals surface area (Å²) < 4.78 is 10.7. The molecule has 2 radical (unpaired) electrons. The van der Waals surface area contributed by atoms with Crippen molar-refractivity contribution in [2.75, 3.05) is 14.2 Å². The van der Waals surface area contributed by atoms with Crippen molar-refractivity contribution in [3.05, 3.63) is 12.2 Å². The van der Waals surface area contributed by atoms with E-state index in [2.05, 4.69) is 19.1 Å². The van der Waals surface area contributed by atoms with Gasteiger partial charge in [0.2, 0.25) is 0 Å². The lowest BCUT2D eigenvalue weighted by atomic mass is 9.83. The first-order valence-electron chi connectivity index (χ1n) is 8.28. The summed E-state index contributed by atoms with van der Waals surface area (Å²) in [7, 11) is 9.20. The smallest absolute Gasteiger partial charge is 0.108 e. The Bertz CT molecular complexity index is 296. The number of allylic oxidation sites excluding steroid dienone is 2. The highest BCUT2D eigenvalue weighted by Gasteiger charge is 2.41. The van der Waals surface area contributed by atoms with Gasteiger partial charge in [-0.25, -0.2) is 0 Å². The Morgan fingerprint density at radius 3 is 2.67 bits per heavy atom. The molecule has 2 unspecified atom stereocenters. The van der Waals surface area contributed by atoms with Crippen LogP contribution in [0.2, 0.25) is 0 Å². The maximum atomic E-state index is 10.3. The number of unbranched alkanes of at least 4 members (excludes halogenated alkanes) is 2. The molecule has 0 aromatic heterocycles. The number of hydrogen-bond donors (Lipinski definition) is 1. The Labute approximate surface area is 131 Å². The highest BCUT2D eigenvalue weighted by molar-refractivity contribution is 6.10. The van der Waals surface area contributed by atoms with Gasteiger partial charge in [-0.2, -0.15) is 0 Å². The van der Waals surface area contributed by atoms with E-state index in [0.29, 0.717) is 5.92 Å². The second-order valence-electron chi connectivity index (χ2n) is 6.11. The molecule has 5 atom stereocenters. The fraction of sp³-hybridized carbons (Fsp3) is 0.882. The van der Waals surface area contributed by atoms with Crippen LogP contribution < -0.4 is 0 Å². The number of methoxy groups -OCH3 is 2. The molecule has 0 aromatic carbocycles. The third kappa shape index (κ3) is 6.13. The van der Waals surface area contributed by atoms with E-state index in [0.717, 1.165) is 32.1 Å². The van der Waals surface area contributed by atoms with Crippen LogP contribution in [0.3, 0.4) is 0 Å². The fourth-order valence-electron chi connectivity index (χ4n) is 3.32. The van der Waals surface area contributed by atoms with Crippen molar-refractivity contribution >= 4 is 7.85 Å². The summed E-state index contributed by atoms with van der Waals surface area (Å²) in [5.41, 5.74) is 0. The van der Waals surface area contributed by atoms with Gasteiger partial charge in [0.25, 0.3) is 0 Å². The lowest BCUT2D eigenvalue weighted by Crippen LogP contribution is -2.25. The Morgan fingerprint density at radius 2 is 2.05 bits per heavy atom. The highest BCUT2D eigenvalue weighted by Crippen LogP contribution is 2.39. The van der Waals surface area contributed by atoms with Crippen molar-refractivity contribution in [3.8, 4) is 0 Å². The van der Waals surface area contributed by atoms with Gasteiger partial charge in [-0.15, -0.1) is 0 Å². The molecule has 1 aliphatic rings. The van der Waals surface area contributed by atoms with Gasteiger partial charge in [-0.1, -0.05) is 31.9 Å². The zero-order chi connectivity index (χ0) is 15.7. The third-order valence-electron chi connectivity index (χ3n) is 4.68. The normalized spacial score (nSPS) is 31.0. The number of hydrogen-bond acceptors (Lipinski definition) is 3. The molecular weight excluding hydrogens is 263 g/mol. The van der Waals surface area contributed by atoms with E-state index >= 15 is 0 Å². The minimum Gasteiger partial charge on any atom is -0.393 e. The van der Waals surface area contributed by atoms with Crippen molar-refractivity contribution in [2.45, 2.75) is 70.1 Å². The molecule has 120 valence electrons. The minimum absolute atomic E-state index is 0.137. The van der Waals surface area contributed by atoms with Crippen LogP contribution in [0.5, 0.6) is 0 Å². The molecule has 1 rings (SSSR count). The van der Waals surface area contributed by atoms with Crippen LogP contribution in [0.25, 0.3) is 0 Å². The molecule has 4 heteroatoms. The molecule has 1 N–H and O–H groups in total. The fourth-order valence-corrected chi connectivity index (χ4v) is 3.32. The molecule has 0 amide bonds. The average Bonchev–Trinajstić information content (AvgIpc) is 2.80. The molecular formula is C17H31BO3. The van der Waals surface area contributed by atoms with Crippen molar-refractivity contribution in [1.29, 1.82) is 0 Å². The Kier molecular flexibility index (Phi) is 9.29. The van der Waals surface area contributed by atoms with Crippen LogP contribution in [-0.2, 0) is 9.47 Å². The predicted molar refractivity (Wildman–Crippen MR) is 87.5 cm³/mol. The minimum atomic E-state index is -0.269. The zero-order valence-corrected chi connectivity index (χ0v) is 13.8. The quantitative estimate of drug-likeness (QED) is 0.382. The molecule has 0 spiro atoms. The summed E-state index contributed by atoms with van der Waals surface area (Å²) in [6.07, 6.45) is 11.3. The van der Waals surface area contributed by atoms with Crippen molar-refractivity contribution in [3.63, 3.8) is 0 Å². The monoisotopic (exact) mass is 294 g/mol. The first-order chi connectivity index (χ1) is 10.1. The third-order valence-corrected chi connectivity index (χ3v) is 4.68. The number of aliphatic hydroxyl groups excluding tert-OH is 1. The van der Waals surface area contributed by atoms with Crippen LogP contribution in [0.1, 0.15) is 51.9 Å². The van der Waals surface area contributed by atoms with Gasteiger partial charge in [0.05, 0.1) is 12.2 Å². The summed E-state index contributed by atoms with van der Waals surface area (Å²) in [5.74, 6) is 0.638. The first kappa shape index (κ1) is 18.7. The van der Waals surface area contributed by atoms with Gasteiger partial charge in [0.1, 0.15) is 7.85 Å². The van der Waals surface area contributed by atoms with Crippen molar-refractivity contribution in [2.24, 2.45) is 11.8 Å². The van der Waals surface area contributed by atoms with Crippen molar-refractivity contribution in [1.82, 2.24) is 0 Å². The second-order valence-corrected chi connectivity index (χ2v) is 6.11. The first-order valence-corrected chi connectivity index (χ1v) is 8.28. The topological polar surface area (TPSA) is 38.7 Å². The summed E-state index contributed by atoms with van der Waals surface area (Å²) >= 11 is 0. The largest absolute Gasteiger partial charge is 0.393 e. The second kappa shape index (κ2) is 10.4.